The van der Waals surface area contributed by atoms with Gasteiger partial charge in [-0.2, -0.15) is 13.2 Å². The number of nitrogens with zero attached hydrogens (tertiary/aromatic N) is 1. The van der Waals surface area contributed by atoms with Crippen molar-refractivity contribution < 1.29 is 17.6 Å². The van der Waals surface area contributed by atoms with Gasteiger partial charge in [-0.1, -0.05) is 12.0 Å². The molecule has 0 aliphatic carbocycles. The lowest BCUT2D eigenvalue weighted by molar-refractivity contribution is -0.138. The minimum atomic E-state index is -4.63. The summed E-state index contributed by atoms with van der Waals surface area (Å²) in [6.07, 6.45) is 0.465. The lowest BCUT2D eigenvalue weighted by atomic mass is 10.1. The number of benzene rings is 1. The van der Waals surface area contributed by atoms with E-state index in [4.69, 9.17) is 6.42 Å². The normalized spacial score (nSPS) is 11.4. The quantitative estimate of drug-likeness (QED) is 0.254. The van der Waals surface area contributed by atoms with Crippen LogP contribution < -0.4 is 10.6 Å². The van der Waals surface area contributed by atoms with Crippen molar-refractivity contribution in [2.24, 2.45) is 4.99 Å². The van der Waals surface area contributed by atoms with Gasteiger partial charge in [-0.25, -0.2) is 9.38 Å². The molecule has 0 atom stereocenters. The summed E-state index contributed by atoms with van der Waals surface area (Å²) in [6.45, 7) is 2.30. The van der Waals surface area contributed by atoms with Crippen LogP contribution in [0.25, 0.3) is 0 Å². The van der Waals surface area contributed by atoms with E-state index in [2.05, 4.69) is 21.5 Å². The zero-order valence-electron chi connectivity index (χ0n) is 11.8. The molecule has 0 saturated carbocycles. The zero-order chi connectivity index (χ0) is 15.9. The fourth-order valence-electron chi connectivity index (χ4n) is 1.59. The highest BCUT2D eigenvalue weighted by Crippen LogP contribution is 2.32. The van der Waals surface area contributed by atoms with Crippen LogP contribution in [0.3, 0.4) is 0 Å². The van der Waals surface area contributed by atoms with Gasteiger partial charge in [0.1, 0.15) is 5.82 Å². The molecular formula is C14H16F4IN3. The number of halogens is 5. The van der Waals surface area contributed by atoms with Gasteiger partial charge in [0, 0.05) is 6.54 Å². The van der Waals surface area contributed by atoms with Crippen LogP contribution in [0, 0.1) is 18.2 Å². The number of terminal acetylenes is 1. The van der Waals surface area contributed by atoms with E-state index in [9.17, 15) is 17.6 Å². The Kier molecular flexibility index (Phi) is 8.86. The molecule has 1 aromatic carbocycles. The first kappa shape index (κ1) is 20.5. The lowest BCUT2D eigenvalue weighted by Crippen LogP contribution is -2.37. The van der Waals surface area contributed by atoms with E-state index in [1.54, 1.807) is 0 Å². The third-order valence-corrected chi connectivity index (χ3v) is 2.49. The van der Waals surface area contributed by atoms with Crippen LogP contribution in [-0.2, 0) is 12.7 Å². The summed E-state index contributed by atoms with van der Waals surface area (Å²) in [5, 5.41) is 5.60. The molecule has 0 spiro atoms. The van der Waals surface area contributed by atoms with E-state index in [1.165, 1.54) is 0 Å². The highest BCUT2D eigenvalue weighted by atomic mass is 127. The largest absolute Gasteiger partial charge is 0.416 e. The molecule has 22 heavy (non-hydrogen) atoms. The lowest BCUT2D eigenvalue weighted by Gasteiger charge is -2.13. The summed E-state index contributed by atoms with van der Waals surface area (Å²) in [7, 11) is 0. The monoisotopic (exact) mass is 429 g/mol. The van der Waals surface area contributed by atoms with Gasteiger partial charge >= 0.3 is 6.18 Å². The molecule has 0 bridgehead atoms. The Balaban J connectivity index is 0.00000441. The Morgan fingerprint density at radius 1 is 1.32 bits per heavy atom. The first-order valence-electron chi connectivity index (χ1n) is 6.19. The summed E-state index contributed by atoms with van der Waals surface area (Å²) >= 11 is 0. The highest BCUT2D eigenvalue weighted by Gasteiger charge is 2.33. The molecule has 0 radical (unpaired) electrons. The SMILES string of the molecule is C#CCNC(=NCc1ccc(F)cc1C(F)(F)F)NCC.I. The number of guanidine groups is 1. The standard InChI is InChI=1S/C14H15F4N3.HI/c1-3-7-20-13(19-4-2)21-9-10-5-6-11(15)8-12(10)14(16,17)18;/h1,5-6,8H,4,7,9H2,2H3,(H2,19,20,21);1H. The minimum Gasteiger partial charge on any atom is -0.357 e. The van der Waals surface area contributed by atoms with Crippen LogP contribution in [0.15, 0.2) is 23.2 Å². The van der Waals surface area contributed by atoms with Crippen LogP contribution in [0.1, 0.15) is 18.1 Å². The first-order valence-corrected chi connectivity index (χ1v) is 6.19. The van der Waals surface area contributed by atoms with Crippen LogP contribution >= 0.6 is 24.0 Å². The molecule has 1 aromatic rings. The van der Waals surface area contributed by atoms with Gasteiger partial charge in [-0.05, 0) is 24.6 Å². The maximum absolute atomic E-state index is 13.0. The third kappa shape index (κ3) is 6.51. The second-order valence-electron chi connectivity index (χ2n) is 4.05. The van der Waals surface area contributed by atoms with Gasteiger partial charge in [-0.3, -0.25) is 0 Å². The van der Waals surface area contributed by atoms with E-state index in [0.29, 0.717) is 18.6 Å². The summed E-state index contributed by atoms with van der Waals surface area (Å²) in [5.41, 5.74) is -1.14. The van der Waals surface area contributed by atoms with Crippen LogP contribution in [0.4, 0.5) is 17.6 Å². The molecular weight excluding hydrogens is 413 g/mol. The summed E-state index contributed by atoms with van der Waals surface area (Å²) in [5.74, 6) is 1.70. The topological polar surface area (TPSA) is 36.4 Å². The Hall–Kier alpha value is -1.50. The second-order valence-corrected chi connectivity index (χ2v) is 4.05. The molecule has 0 amide bonds. The van der Waals surface area contributed by atoms with Crippen LogP contribution in [-0.4, -0.2) is 19.0 Å². The van der Waals surface area contributed by atoms with Crippen LogP contribution in [0.2, 0.25) is 0 Å². The van der Waals surface area contributed by atoms with Gasteiger partial charge in [0.15, 0.2) is 5.96 Å². The van der Waals surface area contributed by atoms with Crippen molar-refractivity contribution in [1.82, 2.24) is 10.6 Å². The first-order chi connectivity index (χ1) is 9.88. The number of hydrogen-bond donors (Lipinski definition) is 2. The van der Waals surface area contributed by atoms with Gasteiger partial charge < -0.3 is 10.6 Å². The van der Waals surface area contributed by atoms with Crippen molar-refractivity contribution >= 4 is 29.9 Å². The highest BCUT2D eigenvalue weighted by molar-refractivity contribution is 14.0. The number of nitrogens with one attached hydrogen (secondary N) is 2. The van der Waals surface area contributed by atoms with Crippen molar-refractivity contribution in [3.8, 4) is 12.3 Å². The summed E-state index contributed by atoms with van der Waals surface area (Å²) in [6, 6.07) is 2.51. The molecule has 0 heterocycles. The Morgan fingerprint density at radius 3 is 2.55 bits per heavy atom. The average Bonchev–Trinajstić information content (AvgIpc) is 2.42. The van der Waals surface area contributed by atoms with Crippen molar-refractivity contribution in [3.63, 3.8) is 0 Å². The van der Waals surface area contributed by atoms with E-state index < -0.39 is 17.6 Å². The van der Waals surface area contributed by atoms with Crippen molar-refractivity contribution in [1.29, 1.82) is 0 Å². The Morgan fingerprint density at radius 2 is 2.00 bits per heavy atom. The predicted octanol–water partition coefficient (Wildman–Crippen LogP) is 3.15. The maximum atomic E-state index is 13.0. The number of rotatable bonds is 4. The number of aliphatic imine (C=N–C) groups is 1. The Labute approximate surface area is 143 Å². The smallest absolute Gasteiger partial charge is 0.357 e. The average molecular weight is 429 g/mol. The second kappa shape index (κ2) is 9.50. The zero-order valence-corrected chi connectivity index (χ0v) is 14.1. The van der Waals surface area contributed by atoms with Gasteiger partial charge in [-0.15, -0.1) is 30.4 Å². The summed E-state index contributed by atoms with van der Waals surface area (Å²) in [4.78, 5) is 4.00. The van der Waals surface area contributed by atoms with Gasteiger partial charge in [0.05, 0.1) is 18.7 Å². The van der Waals surface area contributed by atoms with Gasteiger partial charge in [0.25, 0.3) is 0 Å². The molecule has 0 aromatic heterocycles. The number of hydrogen-bond acceptors (Lipinski definition) is 1. The minimum absolute atomic E-state index is 0. The molecule has 0 aliphatic rings. The molecule has 0 saturated heterocycles. The van der Waals surface area contributed by atoms with Gasteiger partial charge in [0.2, 0.25) is 0 Å². The molecule has 2 N–H and O–H groups in total. The molecule has 122 valence electrons. The van der Waals surface area contributed by atoms with Crippen LogP contribution in [0.5, 0.6) is 0 Å². The Bertz CT molecular complexity index is 550. The molecule has 1 rings (SSSR count). The van der Waals surface area contributed by atoms with Crippen molar-refractivity contribution in [2.75, 3.05) is 13.1 Å². The molecule has 0 fully saturated rings. The predicted molar refractivity (Wildman–Crippen MR) is 88.5 cm³/mol. The van der Waals surface area contributed by atoms with E-state index in [0.717, 1.165) is 12.1 Å². The summed E-state index contributed by atoms with van der Waals surface area (Å²) < 4.78 is 51.5. The maximum Gasteiger partial charge on any atom is 0.416 e. The van der Waals surface area contributed by atoms with E-state index in [-0.39, 0.29) is 42.6 Å². The van der Waals surface area contributed by atoms with Crippen molar-refractivity contribution in [2.45, 2.75) is 19.6 Å². The fourth-order valence-corrected chi connectivity index (χ4v) is 1.59. The molecule has 3 nitrogen and oxygen atoms in total. The van der Waals surface area contributed by atoms with E-state index in [1.807, 2.05) is 6.92 Å². The molecule has 8 heteroatoms. The number of alkyl halides is 3. The van der Waals surface area contributed by atoms with E-state index >= 15 is 0 Å². The molecule has 0 aliphatic heterocycles. The fraction of sp³-hybridized carbons (Fsp3) is 0.357. The molecule has 0 unspecified atom stereocenters. The third-order valence-electron chi connectivity index (χ3n) is 2.49. The van der Waals surface area contributed by atoms with Crippen molar-refractivity contribution in [3.05, 3.63) is 35.1 Å².